The Labute approximate surface area is 149 Å². The molecule has 0 radical (unpaired) electrons. The first-order valence-electron chi connectivity index (χ1n) is 7.88. The molecule has 0 saturated carbocycles. The largest absolute Gasteiger partial charge is 0.497 e. The predicted molar refractivity (Wildman–Crippen MR) is 95.0 cm³/mol. The lowest BCUT2D eigenvalue weighted by Crippen LogP contribution is -2.05. The lowest BCUT2D eigenvalue weighted by molar-refractivity contribution is -0.129. The third-order valence-electron chi connectivity index (χ3n) is 3.74. The normalized spacial score (nSPS) is 15.0. The van der Waals surface area contributed by atoms with Gasteiger partial charge >= 0.3 is 5.97 Å². The number of hydrogen-bond donors (Lipinski definition) is 0. The highest BCUT2D eigenvalue weighted by atomic mass is 16.6. The van der Waals surface area contributed by atoms with Gasteiger partial charge in [0.2, 0.25) is 5.90 Å². The molecule has 0 saturated heterocycles. The number of rotatable bonds is 4. The van der Waals surface area contributed by atoms with Gasteiger partial charge < -0.3 is 9.47 Å². The number of cyclic esters (lactones) is 1. The van der Waals surface area contributed by atoms with Gasteiger partial charge in [0.05, 0.1) is 19.0 Å². The zero-order valence-electron chi connectivity index (χ0n) is 13.9. The van der Waals surface area contributed by atoms with Crippen LogP contribution in [0.2, 0.25) is 0 Å². The molecule has 1 aliphatic heterocycles. The minimum atomic E-state index is -0.523. The van der Waals surface area contributed by atoms with Crippen molar-refractivity contribution in [2.45, 2.75) is 0 Å². The van der Waals surface area contributed by atoms with Crippen molar-refractivity contribution in [3.63, 3.8) is 0 Å². The monoisotopic (exact) mass is 346 g/mol. The molecule has 0 amide bonds. The topological polar surface area (TPSA) is 78.6 Å². The van der Waals surface area contributed by atoms with Crippen molar-refractivity contribution in [2.24, 2.45) is 4.99 Å². The molecule has 128 valence electrons. The number of carbonyl (C=O) groups excluding carboxylic acids is 1. The highest BCUT2D eigenvalue weighted by Crippen LogP contribution is 2.20. The minimum absolute atomic E-state index is 0.177. The molecular formula is C19H14N4O3. The van der Waals surface area contributed by atoms with Crippen LogP contribution in [0, 0.1) is 0 Å². The number of aromatic nitrogens is 3. The first-order valence-corrected chi connectivity index (χ1v) is 7.88. The maximum atomic E-state index is 12.1. The van der Waals surface area contributed by atoms with Crippen LogP contribution in [0.3, 0.4) is 0 Å². The summed E-state index contributed by atoms with van der Waals surface area (Å²) in [5.41, 5.74) is 2.21. The molecule has 2 heterocycles. The van der Waals surface area contributed by atoms with Gasteiger partial charge in [-0.15, -0.1) is 5.10 Å². The third kappa shape index (κ3) is 3.10. The van der Waals surface area contributed by atoms with Gasteiger partial charge in [0, 0.05) is 11.6 Å². The van der Waals surface area contributed by atoms with E-state index in [9.17, 15) is 4.79 Å². The van der Waals surface area contributed by atoms with Crippen LogP contribution in [0.15, 0.2) is 71.5 Å². The summed E-state index contributed by atoms with van der Waals surface area (Å²) in [6.45, 7) is 0. The average molecular weight is 346 g/mol. The number of aliphatic imine (C=N–C) groups is 1. The second-order valence-electron chi connectivity index (χ2n) is 5.46. The van der Waals surface area contributed by atoms with Gasteiger partial charge in [0.25, 0.3) is 0 Å². The number of carbonyl (C=O) groups is 1. The number of benzene rings is 2. The molecule has 0 fully saturated rings. The van der Waals surface area contributed by atoms with Crippen LogP contribution in [0.25, 0.3) is 11.8 Å². The Hall–Kier alpha value is -3.74. The highest BCUT2D eigenvalue weighted by Gasteiger charge is 2.24. The van der Waals surface area contributed by atoms with E-state index in [1.807, 2.05) is 30.3 Å². The van der Waals surface area contributed by atoms with Crippen LogP contribution in [-0.2, 0) is 9.53 Å². The van der Waals surface area contributed by atoms with E-state index in [2.05, 4.69) is 15.2 Å². The first-order chi connectivity index (χ1) is 12.7. The van der Waals surface area contributed by atoms with Gasteiger partial charge in [0.15, 0.2) is 5.70 Å². The van der Waals surface area contributed by atoms with Gasteiger partial charge in [-0.1, -0.05) is 18.2 Å². The molecule has 0 bridgehead atoms. The molecule has 2 aromatic carbocycles. The fourth-order valence-electron chi connectivity index (χ4n) is 2.43. The molecule has 3 aromatic rings. The molecule has 0 spiro atoms. The zero-order valence-corrected chi connectivity index (χ0v) is 13.9. The van der Waals surface area contributed by atoms with Gasteiger partial charge in [0.1, 0.15) is 11.4 Å². The number of methoxy groups -OCH3 is 1. The summed E-state index contributed by atoms with van der Waals surface area (Å²) < 4.78 is 10.4. The predicted octanol–water partition coefficient (Wildman–Crippen LogP) is 2.62. The van der Waals surface area contributed by atoms with Crippen molar-refractivity contribution in [1.29, 1.82) is 0 Å². The fourth-order valence-corrected chi connectivity index (χ4v) is 2.43. The summed E-state index contributed by atoms with van der Waals surface area (Å²) in [6.07, 6.45) is 3.11. The molecule has 0 N–H and O–H groups in total. The lowest BCUT2D eigenvalue weighted by atomic mass is 10.2. The first kappa shape index (κ1) is 15.8. The molecule has 1 aliphatic rings. The van der Waals surface area contributed by atoms with Crippen LogP contribution in [0.4, 0.5) is 0 Å². The SMILES string of the molecule is COc1ccc(C2=NC(=Cc3cnn(-c4ccccc4)n3)C(=O)O2)cc1. The number of para-hydroxylation sites is 1. The van der Waals surface area contributed by atoms with Crippen LogP contribution in [0.1, 0.15) is 11.3 Å². The Morgan fingerprint density at radius 3 is 2.58 bits per heavy atom. The summed E-state index contributed by atoms with van der Waals surface area (Å²) >= 11 is 0. The van der Waals surface area contributed by atoms with E-state index >= 15 is 0 Å². The van der Waals surface area contributed by atoms with Gasteiger partial charge in [-0.3, -0.25) is 0 Å². The smallest absolute Gasteiger partial charge is 0.363 e. The van der Waals surface area contributed by atoms with Crippen LogP contribution in [-0.4, -0.2) is 34.0 Å². The maximum absolute atomic E-state index is 12.1. The Morgan fingerprint density at radius 2 is 1.85 bits per heavy atom. The standard InChI is InChI=1S/C19H14N4O3/c1-25-16-9-7-13(8-10-16)18-21-17(19(24)26-18)11-14-12-20-23(22-14)15-5-3-2-4-6-15/h2-12H,1H3. The van der Waals surface area contributed by atoms with E-state index in [-0.39, 0.29) is 11.6 Å². The number of esters is 1. The van der Waals surface area contributed by atoms with Gasteiger partial charge in [-0.25, -0.2) is 9.79 Å². The molecule has 0 aliphatic carbocycles. The summed E-state index contributed by atoms with van der Waals surface area (Å²) in [4.78, 5) is 17.8. The van der Waals surface area contributed by atoms with Crippen molar-refractivity contribution in [3.05, 3.63) is 77.7 Å². The second kappa shape index (κ2) is 6.64. The lowest BCUT2D eigenvalue weighted by Gasteiger charge is -2.01. The average Bonchev–Trinajstić information content (AvgIpc) is 3.30. The number of ether oxygens (including phenoxy) is 2. The molecule has 7 heteroatoms. The van der Waals surface area contributed by atoms with Gasteiger partial charge in [-0.05, 0) is 36.4 Å². The van der Waals surface area contributed by atoms with Crippen LogP contribution < -0.4 is 4.74 Å². The van der Waals surface area contributed by atoms with E-state index in [0.29, 0.717) is 17.0 Å². The van der Waals surface area contributed by atoms with Crippen LogP contribution in [0.5, 0.6) is 5.75 Å². The van der Waals surface area contributed by atoms with E-state index in [1.165, 1.54) is 4.80 Å². The van der Waals surface area contributed by atoms with E-state index in [1.54, 1.807) is 43.6 Å². The molecular weight excluding hydrogens is 332 g/mol. The van der Waals surface area contributed by atoms with Crippen molar-refractivity contribution < 1.29 is 14.3 Å². The van der Waals surface area contributed by atoms with Crippen molar-refractivity contribution in [2.75, 3.05) is 7.11 Å². The fraction of sp³-hybridized carbons (Fsp3) is 0.0526. The van der Waals surface area contributed by atoms with E-state index < -0.39 is 5.97 Å². The Bertz CT molecular complexity index is 1000. The van der Waals surface area contributed by atoms with E-state index in [0.717, 1.165) is 5.69 Å². The molecule has 0 atom stereocenters. The Kier molecular flexibility index (Phi) is 4.03. The minimum Gasteiger partial charge on any atom is -0.497 e. The highest BCUT2D eigenvalue weighted by molar-refractivity contribution is 6.12. The van der Waals surface area contributed by atoms with Gasteiger partial charge in [-0.2, -0.15) is 9.90 Å². The van der Waals surface area contributed by atoms with Crippen LogP contribution >= 0.6 is 0 Å². The summed E-state index contributed by atoms with van der Waals surface area (Å²) in [7, 11) is 1.59. The molecule has 0 unspecified atom stereocenters. The molecule has 4 rings (SSSR count). The zero-order chi connectivity index (χ0) is 17.9. The van der Waals surface area contributed by atoms with Crippen molar-refractivity contribution in [3.8, 4) is 11.4 Å². The molecule has 1 aromatic heterocycles. The third-order valence-corrected chi connectivity index (χ3v) is 3.74. The van der Waals surface area contributed by atoms with Crippen molar-refractivity contribution >= 4 is 17.9 Å². The van der Waals surface area contributed by atoms with E-state index in [4.69, 9.17) is 9.47 Å². The Morgan fingerprint density at radius 1 is 1.08 bits per heavy atom. The Balaban J connectivity index is 1.60. The molecule has 7 nitrogen and oxygen atoms in total. The maximum Gasteiger partial charge on any atom is 0.363 e. The van der Waals surface area contributed by atoms with Crippen molar-refractivity contribution in [1.82, 2.24) is 15.0 Å². The molecule has 26 heavy (non-hydrogen) atoms. The quantitative estimate of drug-likeness (QED) is 0.536. The summed E-state index contributed by atoms with van der Waals surface area (Å²) in [5, 5.41) is 8.53. The summed E-state index contributed by atoms with van der Waals surface area (Å²) in [5.74, 6) is 0.441. The summed E-state index contributed by atoms with van der Waals surface area (Å²) in [6, 6.07) is 16.6. The second-order valence-corrected chi connectivity index (χ2v) is 5.46. The number of nitrogens with zero attached hydrogens (tertiary/aromatic N) is 4. The number of hydrogen-bond acceptors (Lipinski definition) is 6.